The van der Waals surface area contributed by atoms with Gasteiger partial charge < -0.3 is 10.0 Å². The van der Waals surface area contributed by atoms with Gasteiger partial charge in [0.2, 0.25) is 5.91 Å². The largest absolute Gasteiger partial charge is 0.481 e. The number of nitrogens with zero attached hydrogens (tertiary/aromatic N) is 5. The first-order valence-corrected chi connectivity index (χ1v) is 9.06. The maximum Gasteiger partial charge on any atom is 0.303 e. The first kappa shape index (κ1) is 17.3. The monoisotopic (exact) mass is 367 g/mol. The number of hydrogen-bond acceptors (Lipinski definition) is 4. The van der Waals surface area contributed by atoms with Gasteiger partial charge in [0, 0.05) is 31.1 Å². The third-order valence-electron chi connectivity index (χ3n) is 4.77. The fourth-order valence-corrected chi connectivity index (χ4v) is 3.43. The Labute approximate surface area is 156 Å². The van der Waals surface area contributed by atoms with Crippen LogP contribution in [-0.2, 0) is 35.6 Å². The Kier molecular flexibility index (Phi) is 4.62. The summed E-state index contributed by atoms with van der Waals surface area (Å²) in [4.78, 5) is 25.4. The lowest BCUT2D eigenvalue weighted by atomic mass is 10.2. The van der Waals surface area contributed by atoms with Crippen molar-refractivity contribution in [3.63, 3.8) is 0 Å². The molecule has 3 heterocycles. The summed E-state index contributed by atoms with van der Waals surface area (Å²) in [6.07, 6.45) is 3.17. The summed E-state index contributed by atoms with van der Waals surface area (Å²) < 4.78 is 3.58. The van der Waals surface area contributed by atoms with E-state index in [1.54, 1.807) is 4.68 Å². The van der Waals surface area contributed by atoms with E-state index in [4.69, 9.17) is 5.11 Å². The molecule has 0 unspecified atom stereocenters. The predicted octanol–water partition coefficient (Wildman–Crippen LogP) is 1.68. The van der Waals surface area contributed by atoms with Crippen molar-refractivity contribution >= 4 is 22.8 Å². The summed E-state index contributed by atoms with van der Waals surface area (Å²) in [7, 11) is 0. The molecule has 0 saturated carbocycles. The highest BCUT2D eigenvalue weighted by Crippen LogP contribution is 2.16. The van der Waals surface area contributed by atoms with Gasteiger partial charge >= 0.3 is 5.97 Å². The number of carbonyl (C=O) groups excluding carboxylic acids is 1. The number of fused-ring (bicyclic) bond motifs is 2. The average Bonchev–Trinajstić information content (AvgIpc) is 3.16. The number of carbonyl (C=O) groups is 2. The Morgan fingerprint density at radius 3 is 2.81 bits per heavy atom. The van der Waals surface area contributed by atoms with E-state index in [-0.39, 0.29) is 18.9 Å². The van der Waals surface area contributed by atoms with Gasteiger partial charge in [-0.05, 0) is 18.6 Å². The lowest BCUT2D eigenvalue weighted by Crippen LogP contribution is -2.33. The Balaban J connectivity index is 1.45. The van der Waals surface area contributed by atoms with Crippen LogP contribution in [0.25, 0.3) is 10.9 Å². The van der Waals surface area contributed by atoms with Crippen LogP contribution in [0.1, 0.15) is 24.2 Å². The summed E-state index contributed by atoms with van der Waals surface area (Å²) in [6.45, 7) is 2.10. The van der Waals surface area contributed by atoms with E-state index in [2.05, 4.69) is 10.2 Å². The van der Waals surface area contributed by atoms with Gasteiger partial charge in [-0.2, -0.15) is 10.2 Å². The second kappa shape index (κ2) is 7.22. The van der Waals surface area contributed by atoms with Crippen LogP contribution in [0.5, 0.6) is 0 Å². The van der Waals surface area contributed by atoms with Crippen LogP contribution in [0.3, 0.4) is 0 Å². The number of rotatable bonds is 5. The lowest BCUT2D eigenvalue weighted by Gasteiger charge is -2.19. The van der Waals surface area contributed by atoms with E-state index in [0.717, 1.165) is 35.3 Å². The number of aromatic nitrogens is 4. The minimum Gasteiger partial charge on any atom is -0.481 e. The molecule has 1 N–H and O–H groups in total. The standard InChI is InChI=1S/C19H21N5O3/c25-18(13-23-11-14-4-1-2-5-17(14)21-23)22-8-3-9-24-16(12-22)10-15(20-24)6-7-19(26)27/h1-2,4-5,10-11H,3,6-9,12-13H2,(H,26,27). The molecule has 2 aromatic heterocycles. The Bertz CT molecular complexity index is 957. The highest BCUT2D eigenvalue weighted by atomic mass is 16.4. The topological polar surface area (TPSA) is 93.3 Å². The van der Waals surface area contributed by atoms with Crippen molar-refractivity contribution in [2.75, 3.05) is 6.54 Å². The van der Waals surface area contributed by atoms with Crippen molar-refractivity contribution in [3.05, 3.63) is 47.9 Å². The van der Waals surface area contributed by atoms with Crippen molar-refractivity contribution in [1.29, 1.82) is 0 Å². The maximum atomic E-state index is 12.8. The fraction of sp³-hybridized carbons (Fsp3) is 0.368. The second-order valence-electron chi connectivity index (χ2n) is 6.80. The van der Waals surface area contributed by atoms with Crippen molar-refractivity contribution in [3.8, 4) is 0 Å². The van der Waals surface area contributed by atoms with Crippen molar-refractivity contribution < 1.29 is 14.7 Å². The number of carboxylic acid groups (broad SMARTS) is 1. The zero-order chi connectivity index (χ0) is 18.8. The van der Waals surface area contributed by atoms with Crippen LogP contribution < -0.4 is 0 Å². The van der Waals surface area contributed by atoms with Crippen LogP contribution in [0.2, 0.25) is 0 Å². The molecule has 0 aliphatic carbocycles. The molecule has 1 amide bonds. The molecular weight excluding hydrogens is 346 g/mol. The molecule has 8 nitrogen and oxygen atoms in total. The molecule has 27 heavy (non-hydrogen) atoms. The van der Waals surface area contributed by atoms with E-state index < -0.39 is 5.97 Å². The summed E-state index contributed by atoms with van der Waals surface area (Å²) >= 11 is 0. The number of aliphatic carboxylic acids is 1. The molecule has 0 spiro atoms. The van der Waals surface area contributed by atoms with Crippen molar-refractivity contribution in [2.45, 2.75) is 38.9 Å². The van der Waals surface area contributed by atoms with Crippen LogP contribution in [-0.4, -0.2) is 48.0 Å². The molecule has 3 aromatic rings. The molecule has 8 heteroatoms. The van der Waals surface area contributed by atoms with Gasteiger partial charge in [-0.3, -0.25) is 19.0 Å². The number of aryl methyl sites for hydroxylation is 2. The molecule has 0 saturated heterocycles. The average molecular weight is 367 g/mol. The SMILES string of the molecule is O=C(O)CCc1cc2n(n1)CCCN(C(=O)Cn1cc3ccccc3n1)C2. The van der Waals surface area contributed by atoms with E-state index in [0.29, 0.717) is 19.5 Å². The molecule has 1 aliphatic rings. The summed E-state index contributed by atoms with van der Waals surface area (Å²) in [6, 6.07) is 9.70. The smallest absolute Gasteiger partial charge is 0.303 e. The van der Waals surface area contributed by atoms with Crippen LogP contribution in [0.4, 0.5) is 0 Å². The van der Waals surface area contributed by atoms with Gasteiger partial charge in [-0.25, -0.2) is 0 Å². The van der Waals surface area contributed by atoms with Crippen LogP contribution in [0, 0.1) is 0 Å². The highest BCUT2D eigenvalue weighted by Gasteiger charge is 2.21. The van der Waals surface area contributed by atoms with Crippen molar-refractivity contribution in [1.82, 2.24) is 24.5 Å². The Morgan fingerprint density at radius 1 is 1.15 bits per heavy atom. The number of benzene rings is 1. The lowest BCUT2D eigenvalue weighted by molar-refractivity contribution is -0.137. The molecule has 0 radical (unpaired) electrons. The molecule has 4 rings (SSSR count). The van der Waals surface area contributed by atoms with Crippen LogP contribution in [0.15, 0.2) is 36.5 Å². The number of amides is 1. The quantitative estimate of drug-likeness (QED) is 0.741. The maximum absolute atomic E-state index is 12.8. The van der Waals surface area contributed by atoms with Gasteiger partial charge in [-0.15, -0.1) is 0 Å². The summed E-state index contributed by atoms with van der Waals surface area (Å²) in [5.74, 6) is -0.814. The highest BCUT2D eigenvalue weighted by molar-refractivity contribution is 5.80. The third kappa shape index (κ3) is 3.84. The summed E-state index contributed by atoms with van der Waals surface area (Å²) in [5, 5.41) is 18.8. The summed E-state index contributed by atoms with van der Waals surface area (Å²) in [5.41, 5.74) is 2.59. The molecule has 1 aliphatic heterocycles. The van der Waals surface area contributed by atoms with Gasteiger partial charge in [0.15, 0.2) is 0 Å². The van der Waals surface area contributed by atoms with E-state index in [1.807, 2.05) is 46.1 Å². The minimum atomic E-state index is -0.832. The zero-order valence-electron chi connectivity index (χ0n) is 14.9. The van der Waals surface area contributed by atoms with E-state index >= 15 is 0 Å². The molecule has 0 atom stereocenters. The number of carboxylic acids is 1. The first-order valence-electron chi connectivity index (χ1n) is 9.06. The van der Waals surface area contributed by atoms with Crippen LogP contribution >= 0.6 is 0 Å². The molecule has 140 valence electrons. The third-order valence-corrected chi connectivity index (χ3v) is 4.77. The normalized spacial score (nSPS) is 14.1. The van der Waals surface area contributed by atoms with Crippen molar-refractivity contribution in [2.24, 2.45) is 0 Å². The number of hydrogen-bond donors (Lipinski definition) is 1. The van der Waals surface area contributed by atoms with Gasteiger partial charge in [0.1, 0.15) is 6.54 Å². The van der Waals surface area contributed by atoms with E-state index in [1.165, 1.54) is 0 Å². The van der Waals surface area contributed by atoms with Gasteiger partial charge in [-0.1, -0.05) is 18.2 Å². The Morgan fingerprint density at radius 2 is 2.00 bits per heavy atom. The predicted molar refractivity (Wildman–Crippen MR) is 98.0 cm³/mol. The minimum absolute atomic E-state index is 0.0181. The first-order chi connectivity index (χ1) is 13.1. The van der Waals surface area contributed by atoms with Gasteiger partial charge in [0.25, 0.3) is 0 Å². The van der Waals surface area contributed by atoms with Gasteiger partial charge in [0.05, 0.1) is 29.9 Å². The molecule has 1 aromatic carbocycles. The second-order valence-corrected chi connectivity index (χ2v) is 6.80. The molecular formula is C19H21N5O3. The molecule has 0 bridgehead atoms. The fourth-order valence-electron chi connectivity index (χ4n) is 3.43. The zero-order valence-corrected chi connectivity index (χ0v) is 14.9. The van der Waals surface area contributed by atoms with E-state index in [9.17, 15) is 9.59 Å². The molecule has 0 fully saturated rings. The Hall–Kier alpha value is -3.16.